The summed E-state index contributed by atoms with van der Waals surface area (Å²) in [4.78, 5) is 5.67. The summed E-state index contributed by atoms with van der Waals surface area (Å²) >= 11 is 1.75. The summed E-state index contributed by atoms with van der Waals surface area (Å²) in [5, 5.41) is 1.19. The fourth-order valence-corrected chi connectivity index (χ4v) is 3.58. The second-order valence-electron chi connectivity index (χ2n) is 4.64. The minimum absolute atomic E-state index is 0.459. The van der Waals surface area contributed by atoms with Crippen LogP contribution >= 0.6 is 11.3 Å². The molecule has 0 spiro atoms. The summed E-state index contributed by atoms with van der Waals surface area (Å²) in [5.41, 5.74) is 8.80. The summed E-state index contributed by atoms with van der Waals surface area (Å²) in [5.74, 6) is 1.16. The number of fused-ring (bicyclic) bond motifs is 1. The van der Waals surface area contributed by atoms with Crippen molar-refractivity contribution in [3.05, 3.63) is 45.3 Å². The van der Waals surface area contributed by atoms with E-state index in [1.807, 2.05) is 6.92 Å². The number of anilines is 1. The van der Waals surface area contributed by atoms with E-state index in [9.17, 15) is 0 Å². The van der Waals surface area contributed by atoms with Gasteiger partial charge in [0, 0.05) is 10.8 Å². The highest BCUT2D eigenvalue weighted by Crippen LogP contribution is 2.39. The summed E-state index contributed by atoms with van der Waals surface area (Å²) < 4.78 is 0. The van der Waals surface area contributed by atoms with Crippen LogP contribution in [-0.2, 0) is 6.42 Å². The zero-order valence-electron chi connectivity index (χ0n) is 9.94. The van der Waals surface area contributed by atoms with Crippen molar-refractivity contribution >= 4 is 17.2 Å². The molecule has 88 valence electrons. The van der Waals surface area contributed by atoms with Crippen LogP contribution in [0.2, 0.25) is 0 Å². The van der Waals surface area contributed by atoms with Crippen molar-refractivity contribution in [2.75, 3.05) is 5.73 Å². The number of thiazole rings is 1. The molecule has 1 aliphatic rings. The number of aryl methyl sites for hydroxylation is 2. The summed E-state index contributed by atoms with van der Waals surface area (Å²) in [6.07, 6.45) is 3.65. The number of nitrogens with two attached hydrogens (primary N) is 1. The Hall–Kier alpha value is -1.35. The predicted molar refractivity (Wildman–Crippen MR) is 72.5 cm³/mol. The smallest absolute Gasteiger partial charge is 0.137 e. The number of hydrogen-bond donors (Lipinski definition) is 1. The van der Waals surface area contributed by atoms with Crippen molar-refractivity contribution in [2.45, 2.75) is 32.1 Å². The van der Waals surface area contributed by atoms with Gasteiger partial charge in [-0.15, -0.1) is 11.3 Å². The minimum atomic E-state index is 0.459. The van der Waals surface area contributed by atoms with Gasteiger partial charge in [0.15, 0.2) is 0 Å². The molecule has 2 nitrogen and oxygen atoms in total. The fourth-order valence-electron chi connectivity index (χ4n) is 2.59. The Morgan fingerprint density at radius 1 is 1.35 bits per heavy atom. The van der Waals surface area contributed by atoms with Crippen LogP contribution in [0.4, 0.5) is 5.82 Å². The van der Waals surface area contributed by atoms with Crippen LogP contribution in [0.3, 0.4) is 0 Å². The molecule has 0 fully saturated rings. The molecule has 3 rings (SSSR count). The van der Waals surface area contributed by atoms with Gasteiger partial charge in [-0.25, -0.2) is 4.98 Å². The number of nitrogen functional groups attached to an aromatic ring is 1. The molecule has 0 bridgehead atoms. The van der Waals surface area contributed by atoms with E-state index in [1.54, 1.807) is 11.3 Å². The van der Waals surface area contributed by atoms with Gasteiger partial charge in [-0.3, -0.25) is 0 Å². The first-order chi connectivity index (χ1) is 8.25. The van der Waals surface area contributed by atoms with Gasteiger partial charge < -0.3 is 5.73 Å². The summed E-state index contributed by atoms with van der Waals surface area (Å²) in [6.45, 7) is 2.05. The van der Waals surface area contributed by atoms with Crippen LogP contribution in [0.1, 0.15) is 39.8 Å². The Labute approximate surface area is 106 Å². The fraction of sp³-hybridized carbons (Fsp3) is 0.357. The van der Waals surface area contributed by atoms with Crippen molar-refractivity contribution in [3.63, 3.8) is 0 Å². The van der Waals surface area contributed by atoms with Gasteiger partial charge in [-0.1, -0.05) is 24.3 Å². The van der Waals surface area contributed by atoms with E-state index in [0.29, 0.717) is 11.7 Å². The lowest BCUT2D eigenvalue weighted by atomic mass is 9.83. The largest absolute Gasteiger partial charge is 0.383 e. The van der Waals surface area contributed by atoms with Crippen molar-refractivity contribution < 1.29 is 0 Å². The first-order valence-corrected chi connectivity index (χ1v) is 6.88. The zero-order valence-corrected chi connectivity index (χ0v) is 10.8. The van der Waals surface area contributed by atoms with Crippen LogP contribution in [0.15, 0.2) is 24.3 Å². The van der Waals surface area contributed by atoms with Gasteiger partial charge in [0.05, 0.1) is 0 Å². The van der Waals surface area contributed by atoms with Crippen LogP contribution in [0.25, 0.3) is 0 Å². The molecule has 1 aliphatic carbocycles. The second kappa shape index (κ2) is 4.15. The van der Waals surface area contributed by atoms with Gasteiger partial charge in [-0.05, 0) is 37.3 Å². The first-order valence-electron chi connectivity index (χ1n) is 6.06. The molecule has 1 heterocycles. The Morgan fingerprint density at radius 3 is 2.94 bits per heavy atom. The van der Waals surface area contributed by atoms with Gasteiger partial charge in [-0.2, -0.15) is 0 Å². The Morgan fingerprint density at radius 2 is 2.18 bits per heavy atom. The number of benzene rings is 1. The molecule has 3 heteroatoms. The van der Waals surface area contributed by atoms with Crippen LogP contribution in [0.5, 0.6) is 0 Å². The molecule has 1 unspecified atom stereocenters. The van der Waals surface area contributed by atoms with Crippen molar-refractivity contribution in [2.24, 2.45) is 0 Å². The monoisotopic (exact) mass is 244 g/mol. The second-order valence-corrected chi connectivity index (χ2v) is 5.87. The maximum atomic E-state index is 5.87. The molecule has 17 heavy (non-hydrogen) atoms. The molecule has 0 aliphatic heterocycles. The SMILES string of the molecule is Cc1sc(C2CCCc3ccccc32)nc1N. The molecule has 0 saturated carbocycles. The topological polar surface area (TPSA) is 38.9 Å². The van der Waals surface area contributed by atoms with Gasteiger partial charge in [0.1, 0.15) is 10.8 Å². The number of nitrogens with zero attached hydrogens (tertiary/aromatic N) is 1. The summed E-state index contributed by atoms with van der Waals surface area (Å²) in [7, 11) is 0. The van der Waals surface area contributed by atoms with Crippen molar-refractivity contribution in [1.82, 2.24) is 4.98 Å². The number of aromatic nitrogens is 1. The maximum absolute atomic E-state index is 5.87. The average molecular weight is 244 g/mol. The Balaban J connectivity index is 2.05. The van der Waals surface area contributed by atoms with Crippen LogP contribution in [-0.4, -0.2) is 4.98 Å². The normalized spacial score (nSPS) is 19.0. The van der Waals surface area contributed by atoms with Crippen LogP contribution < -0.4 is 5.73 Å². The third-order valence-electron chi connectivity index (χ3n) is 3.52. The third kappa shape index (κ3) is 1.84. The quantitative estimate of drug-likeness (QED) is 0.833. The summed E-state index contributed by atoms with van der Waals surface area (Å²) in [6, 6.07) is 8.74. The minimum Gasteiger partial charge on any atom is -0.383 e. The zero-order chi connectivity index (χ0) is 11.8. The molecular weight excluding hydrogens is 228 g/mol. The third-order valence-corrected chi connectivity index (χ3v) is 4.62. The van der Waals surface area contributed by atoms with E-state index in [1.165, 1.54) is 35.4 Å². The lowest BCUT2D eigenvalue weighted by Crippen LogP contribution is -2.10. The van der Waals surface area contributed by atoms with E-state index >= 15 is 0 Å². The maximum Gasteiger partial charge on any atom is 0.137 e. The molecule has 0 radical (unpaired) electrons. The molecule has 0 saturated heterocycles. The highest BCUT2D eigenvalue weighted by Gasteiger charge is 2.24. The molecule has 1 aromatic heterocycles. The molecule has 1 aromatic carbocycles. The van der Waals surface area contributed by atoms with E-state index in [4.69, 9.17) is 5.73 Å². The van der Waals surface area contributed by atoms with E-state index in [-0.39, 0.29) is 0 Å². The predicted octanol–water partition coefficient (Wildman–Crippen LogP) is 3.50. The standard InChI is InChI=1S/C14H16N2S/c1-9-13(15)16-14(17-9)12-8-4-6-10-5-2-3-7-11(10)12/h2-3,5,7,12H,4,6,8,15H2,1H3. The van der Waals surface area contributed by atoms with E-state index < -0.39 is 0 Å². The van der Waals surface area contributed by atoms with Crippen LogP contribution in [0, 0.1) is 6.92 Å². The van der Waals surface area contributed by atoms with Crippen molar-refractivity contribution in [3.8, 4) is 0 Å². The van der Waals surface area contributed by atoms with E-state index in [2.05, 4.69) is 29.2 Å². The average Bonchev–Trinajstić information content (AvgIpc) is 2.69. The van der Waals surface area contributed by atoms with Crippen molar-refractivity contribution in [1.29, 1.82) is 0 Å². The lowest BCUT2D eigenvalue weighted by molar-refractivity contribution is 0.614. The van der Waals surface area contributed by atoms with Gasteiger partial charge in [0.2, 0.25) is 0 Å². The molecular formula is C14H16N2S. The number of hydrogen-bond acceptors (Lipinski definition) is 3. The Bertz CT molecular complexity index is 525. The number of rotatable bonds is 1. The molecule has 2 aromatic rings. The van der Waals surface area contributed by atoms with Gasteiger partial charge >= 0.3 is 0 Å². The first kappa shape index (κ1) is 10.8. The molecule has 2 N–H and O–H groups in total. The lowest BCUT2D eigenvalue weighted by Gasteiger charge is -2.23. The molecule has 1 atom stereocenters. The van der Waals surface area contributed by atoms with E-state index in [0.717, 1.165) is 4.88 Å². The highest BCUT2D eigenvalue weighted by molar-refractivity contribution is 7.12. The van der Waals surface area contributed by atoms with Gasteiger partial charge in [0.25, 0.3) is 0 Å². The highest BCUT2D eigenvalue weighted by atomic mass is 32.1. The Kier molecular flexibility index (Phi) is 2.63. The molecule has 0 amide bonds.